The Morgan fingerprint density at radius 2 is 1.61 bits per heavy atom. The second-order valence-electron chi connectivity index (χ2n) is 15.9. The molecule has 0 saturated heterocycles. The van der Waals surface area contributed by atoms with Crippen LogP contribution in [0.25, 0.3) is 0 Å². The number of nitrogens with zero attached hydrogens (tertiary/aromatic N) is 1. The average molecular weight is 574 g/mol. The van der Waals surface area contributed by atoms with Gasteiger partial charge in [0, 0.05) is 28.7 Å². The molecule has 1 heterocycles. The minimum absolute atomic E-state index is 0.0121. The molecule has 41 heavy (non-hydrogen) atoms. The Labute approximate surface area is 251 Å². The van der Waals surface area contributed by atoms with Crippen LogP contribution in [-0.2, 0) is 10.8 Å². The summed E-state index contributed by atoms with van der Waals surface area (Å²) in [6.45, 7) is 21.0. The monoisotopic (exact) mass is 573 g/mol. The molecule has 0 aliphatic heterocycles. The molecule has 0 bridgehead atoms. The highest BCUT2D eigenvalue weighted by Gasteiger charge is 2.45. The Kier molecular flexibility index (Phi) is 8.53. The first kappa shape index (κ1) is 30.7. The third-order valence-electron chi connectivity index (χ3n) is 10.7. The van der Waals surface area contributed by atoms with E-state index in [-0.39, 0.29) is 16.6 Å². The standard InChI is InChI=1S/C37H55NO2Si/c1-24(2)25-18-20-28(21-19-25)35(39)33-31(26-14-10-11-15-26)32-29(38-34(33)27-16-12-13-17-27)22-37(6,7)23-30(32)40-41(8,9)36(3,4)5/h10,14,18-21,24,26-27,30,35,39H,11-13,15-17,22-23H2,1-9H3/t26?,30?,35-/m1/s1. The van der Waals surface area contributed by atoms with Gasteiger partial charge in [0.15, 0.2) is 8.32 Å². The molecule has 0 radical (unpaired) electrons. The molecule has 3 aliphatic carbocycles. The van der Waals surface area contributed by atoms with Crippen LogP contribution in [0.15, 0.2) is 36.4 Å². The first-order valence-electron chi connectivity index (χ1n) is 16.4. The molecule has 1 aromatic carbocycles. The number of hydrogen-bond donors (Lipinski definition) is 1. The van der Waals surface area contributed by atoms with Gasteiger partial charge in [-0.15, -0.1) is 0 Å². The first-order valence-corrected chi connectivity index (χ1v) is 19.3. The number of aliphatic hydroxyl groups is 1. The van der Waals surface area contributed by atoms with Crippen LogP contribution in [0.1, 0.15) is 163 Å². The molecule has 3 aliphatic rings. The molecule has 0 spiro atoms. The number of aliphatic hydroxyl groups excluding tert-OH is 1. The van der Waals surface area contributed by atoms with Gasteiger partial charge in [-0.25, -0.2) is 0 Å². The minimum Gasteiger partial charge on any atom is -0.410 e. The summed E-state index contributed by atoms with van der Waals surface area (Å²) in [6.07, 6.45) is 13.1. The number of fused-ring (bicyclic) bond motifs is 1. The molecule has 1 aromatic heterocycles. The van der Waals surface area contributed by atoms with E-state index in [4.69, 9.17) is 9.41 Å². The molecule has 224 valence electrons. The topological polar surface area (TPSA) is 42.4 Å². The molecule has 1 fully saturated rings. The number of hydrogen-bond acceptors (Lipinski definition) is 3. The van der Waals surface area contributed by atoms with Crippen LogP contribution in [-0.4, -0.2) is 18.4 Å². The van der Waals surface area contributed by atoms with Gasteiger partial charge in [-0.2, -0.15) is 0 Å². The minimum atomic E-state index is -2.06. The summed E-state index contributed by atoms with van der Waals surface area (Å²) in [7, 11) is -2.06. The third kappa shape index (κ3) is 6.17. The van der Waals surface area contributed by atoms with E-state index < -0.39 is 14.4 Å². The summed E-state index contributed by atoms with van der Waals surface area (Å²) in [4.78, 5) is 5.61. The van der Waals surface area contributed by atoms with Gasteiger partial charge in [0.2, 0.25) is 0 Å². The van der Waals surface area contributed by atoms with E-state index in [1.165, 1.54) is 53.8 Å². The molecule has 3 atom stereocenters. The van der Waals surface area contributed by atoms with Crippen molar-refractivity contribution >= 4 is 8.32 Å². The maximum atomic E-state index is 12.4. The number of pyridine rings is 1. The second kappa shape index (κ2) is 11.4. The van der Waals surface area contributed by atoms with E-state index in [0.717, 1.165) is 36.8 Å². The summed E-state index contributed by atoms with van der Waals surface area (Å²) in [5, 5.41) is 12.5. The first-order chi connectivity index (χ1) is 19.2. The maximum Gasteiger partial charge on any atom is 0.192 e. The fourth-order valence-electron chi connectivity index (χ4n) is 7.26. The molecule has 2 unspecified atom stereocenters. The summed E-state index contributed by atoms with van der Waals surface area (Å²) in [5.41, 5.74) is 8.61. The van der Waals surface area contributed by atoms with Crippen molar-refractivity contribution in [3.63, 3.8) is 0 Å². The van der Waals surface area contributed by atoms with Crippen LogP contribution >= 0.6 is 0 Å². The smallest absolute Gasteiger partial charge is 0.192 e. The van der Waals surface area contributed by atoms with Crippen LogP contribution in [0.5, 0.6) is 0 Å². The molecular formula is C37H55NO2Si. The lowest BCUT2D eigenvalue weighted by Gasteiger charge is -2.45. The zero-order valence-electron chi connectivity index (χ0n) is 27.3. The van der Waals surface area contributed by atoms with Crippen molar-refractivity contribution in [2.45, 2.75) is 148 Å². The molecule has 0 amide bonds. The Morgan fingerprint density at radius 1 is 0.976 bits per heavy atom. The lowest BCUT2D eigenvalue weighted by atomic mass is 9.70. The van der Waals surface area contributed by atoms with Gasteiger partial charge in [0.1, 0.15) is 6.10 Å². The normalized spacial score (nSPS) is 23.8. The second-order valence-corrected chi connectivity index (χ2v) is 20.7. The van der Waals surface area contributed by atoms with E-state index in [1.54, 1.807) is 0 Å². The van der Waals surface area contributed by atoms with E-state index in [2.05, 4.69) is 98.0 Å². The van der Waals surface area contributed by atoms with Crippen molar-refractivity contribution in [2.75, 3.05) is 0 Å². The molecule has 2 aromatic rings. The quantitative estimate of drug-likeness (QED) is 0.265. The third-order valence-corrected chi connectivity index (χ3v) is 15.2. The van der Waals surface area contributed by atoms with Crippen LogP contribution in [0.4, 0.5) is 0 Å². The molecular weight excluding hydrogens is 518 g/mol. The molecule has 4 heteroatoms. The van der Waals surface area contributed by atoms with E-state index in [9.17, 15) is 5.11 Å². The van der Waals surface area contributed by atoms with Crippen molar-refractivity contribution < 1.29 is 9.53 Å². The van der Waals surface area contributed by atoms with Crippen LogP contribution in [0, 0.1) is 5.41 Å². The highest BCUT2D eigenvalue weighted by atomic mass is 28.4. The van der Waals surface area contributed by atoms with Gasteiger partial charge in [-0.1, -0.05) is 97.7 Å². The fourth-order valence-corrected chi connectivity index (χ4v) is 8.53. The van der Waals surface area contributed by atoms with E-state index in [0.29, 0.717) is 17.8 Å². The van der Waals surface area contributed by atoms with E-state index >= 15 is 0 Å². The SMILES string of the molecule is CC(C)c1ccc([C@@H](O)c2c(C3CCCC3)nc3c(c2C2C=CCC2)C(O[Si](C)(C)C(C)(C)C)CC(C)(C)C3)cc1. The Morgan fingerprint density at radius 3 is 2.17 bits per heavy atom. The Balaban J connectivity index is 1.75. The maximum absolute atomic E-state index is 12.4. The number of aromatic nitrogens is 1. The van der Waals surface area contributed by atoms with Crippen molar-refractivity contribution in [3.05, 3.63) is 75.6 Å². The van der Waals surface area contributed by atoms with Gasteiger partial charge in [-0.05, 0) is 84.7 Å². The highest BCUT2D eigenvalue weighted by molar-refractivity contribution is 6.74. The predicted molar refractivity (Wildman–Crippen MR) is 174 cm³/mol. The van der Waals surface area contributed by atoms with Crippen molar-refractivity contribution in [1.82, 2.24) is 4.98 Å². The predicted octanol–water partition coefficient (Wildman–Crippen LogP) is 10.4. The lowest BCUT2D eigenvalue weighted by molar-refractivity contribution is 0.104. The molecule has 3 nitrogen and oxygen atoms in total. The Hall–Kier alpha value is -1.75. The summed E-state index contributed by atoms with van der Waals surface area (Å²) in [5.74, 6) is 1.20. The van der Waals surface area contributed by atoms with Crippen LogP contribution in [0.2, 0.25) is 18.1 Å². The van der Waals surface area contributed by atoms with Gasteiger partial charge >= 0.3 is 0 Å². The zero-order chi connectivity index (χ0) is 29.7. The average Bonchev–Trinajstić information content (AvgIpc) is 3.60. The molecule has 1 N–H and O–H groups in total. The number of rotatable bonds is 7. The molecule has 1 saturated carbocycles. The zero-order valence-corrected chi connectivity index (χ0v) is 28.3. The summed E-state index contributed by atoms with van der Waals surface area (Å²) < 4.78 is 7.35. The highest BCUT2D eigenvalue weighted by Crippen LogP contribution is 2.53. The van der Waals surface area contributed by atoms with Crippen LogP contribution in [0.3, 0.4) is 0 Å². The van der Waals surface area contributed by atoms with Gasteiger partial charge in [0.05, 0.1) is 11.8 Å². The van der Waals surface area contributed by atoms with Gasteiger partial charge < -0.3 is 9.53 Å². The summed E-state index contributed by atoms with van der Waals surface area (Å²) >= 11 is 0. The number of allylic oxidation sites excluding steroid dienone is 2. The fraction of sp³-hybridized carbons (Fsp3) is 0.649. The van der Waals surface area contributed by atoms with Crippen LogP contribution < -0.4 is 0 Å². The van der Waals surface area contributed by atoms with Crippen molar-refractivity contribution in [2.24, 2.45) is 5.41 Å². The number of benzene rings is 1. The van der Waals surface area contributed by atoms with Gasteiger partial charge in [0.25, 0.3) is 0 Å². The Bertz CT molecular complexity index is 1260. The largest absolute Gasteiger partial charge is 0.410 e. The van der Waals surface area contributed by atoms with Crippen molar-refractivity contribution in [3.8, 4) is 0 Å². The van der Waals surface area contributed by atoms with E-state index in [1.807, 2.05) is 0 Å². The lowest BCUT2D eigenvalue weighted by Crippen LogP contribution is -2.44. The summed E-state index contributed by atoms with van der Waals surface area (Å²) in [6, 6.07) is 8.70. The molecule has 5 rings (SSSR count). The van der Waals surface area contributed by atoms with Gasteiger partial charge in [-0.3, -0.25) is 4.98 Å². The van der Waals surface area contributed by atoms with Crippen molar-refractivity contribution in [1.29, 1.82) is 0 Å².